The number of rotatable bonds is 8. The van der Waals surface area contributed by atoms with Gasteiger partial charge in [0.05, 0.1) is 17.6 Å². The Balaban J connectivity index is 1.10. The number of furan rings is 1. The molecular formula is C28H34N6O3S. The van der Waals surface area contributed by atoms with Crippen LogP contribution in [0.15, 0.2) is 50.8 Å². The van der Waals surface area contributed by atoms with Crippen molar-refractivity contribution >= 4 is 28.7 Å². The van der Waals surface area contributed by atoms with Crippen LogP contribution in [0.1, 0.15) is 42.0 Å². The minimum Gasteiger partial charge on any atom is -0.462 e. The monoisotopic (exact) mass is 534 g/mol. The molecule has 2 aliphatic heterocycles. The lowest BCUT2D eigenvalue weighted by molar-refractivity contribution is 0.220. The van der Waals surface area contributed by atoms with Crippen molar-refractivity contribution in [1.82, 2.24) is 24.0 Å². The van der Waals surface area contributed by atoms with Crippen LogP contribution in [0.4, 0.5) is 5.95 Å². The lowest BCUT2D eigenvalue weighted by Gasteiger charge is -2.32. The van der Waals surface area contributed by atoms with E-state index in [4.69, 9.17) is 14.4 Å². The molecule has 1 fully saturated rings. The molecule has 4 aromatic rings. The van der Waals surface area contributed by atoms with Gasteiger partial charge in [0.25, 0.3) is 5.56 Å². The molecule has 0 spiro atoms. The highest BCUT2D eigenvalue weighted by Crippen LogP contribution is 2.25. The molecule has 1 aromatic carbocycles. The lowest BCUT2D eigenvalue weighted by atomic mass is 10.0. The Morgan fingerprint density at radius 3 is 2.74 bits per heavy atom. The molecular weight excluding hydrogens is 500 g/mol. The summed E-state index contributed by atoms with van der Waals surface area (Å²) in [6.45, 7) is 6.03. The number of aliphatic hydroxyl groups is 1. The van der Waals surface area contributed by atoms with Crippen molar-refractivity contribution in [3.05, 3.63) is 69.5 Å². The van der Waals surface area contributed by atoms with Crippen molar-refractivity contribution in [2.75, 3.05) is 30.7 Å². The van der Waals surface area contributed by atoms with Gasteiger partial charge in [0, 0.05) is 49.2 Å². The van der Waals surface area contributed by atoms with Gasteiger partial charge in [-0.05, 0) is 56.9 Å². The molecule has 5 heterocycles. The molecule has 6 rings (SSSR count). The number of aliphatic hydroxyl groups excluding tert-OH is 1. The summed E-state index contributed by atoms with van der Waals surface area (Å²) >= 11 is 1.69. The Hall–Kier alpha value is -3.08. The molecule has 0 atom stereocenters. The SMILES string of the molecule is Cc1nc2n(c(=O)c1CCN1CCC(Nc3nc4ccccc4n3Cc3ccc(CO)o3)CC1)CCCS2. The largest absolute Gasteiger partial charge is 0.462 e. The number of hydrogen-bond donors (Lipinski definition) is 2. The third kappa shape index (κ3) is 5.12. The molecule has 38 heavy (non-hydrogen) atoms. The highest BCUT2D eigenvalue weighted by molar-refractivity contribution is 7.99. The third-order valence-corrected chi connectivity index (χ3v) is 8.69. The summed E-state index contributed by atoms with van der Waals surface area (Å²) in [6, 6.07) is 12.2. The normalized spacial score (nSPS) is 16.7. The third-order valence-electron chi connectivity index (χ3n) is 7.63. The summed E-state index contributed by atoms with van der Waals surface area (Å²) in [4.78, 5) is 25.1. The molecule has 10 heteroatoms. The van der Waals surface area contributed by atoms with Crippen LogP contribution in [0, 0.1) is 6.92 Å². The van der Waals surface area contributed by atoms with Gasteiger partial charge in [-0.1, -0.05) is 23.9 Å². The Kier molecular flexibility index (Phi) is 7.27. The van der Waals surface area contributed by atoms with E-state index in [2.05, 4.69) is 20.9 Å². The highest BCUT2D eigenvalue weighted by Gasteiger charge is 2.23. The summed E-state index contributed by atoms with van der Waals surface area (Å²) < 4.78 is 9.78. The Morgan fingerprint density at radius 2 is 1.92 bits per heavy atom. The fraction of sp³-hybridized carbons (Fsp3) is 0.464. The van der Waals surface area contributed by atoms with Gasteiger partial charge in [-0.25, -0.2) is 9.97 Å². The summed E-state index contributed by atoms with van der Waals surface area (Å²) in [5, 5.41) is 13.9. The van der Waals surface area contributed by atoms with Gasteiger partial charge in [-0.2, -0.15) is 0 Å². The zero-order chi connectivity index (χ0) is 26.1. The lowest BCUT2D eigenvalue weighted by Crippen LogP contribution is -2.41. The number of para-hydroxylation sites is 2. The number of nitrogens with zero attached hydrogens (tertiary/aromatic N) is 5. The zero-order valence-corrected chi connectivity index (χ0v) is 22.5. The fourth-order valence-corrected chi connectivity index (χ4v) is 6.49. The summed E-state index contributed by atoms with van der Waals surface area (Å²) in [5.74, 6) is 3.23. The summed E-state index contributed by atoms with van der Waals surface area (Å²) in [7, 11) is 0. The average Bonchev–Trinajstić information content (AvgIpc) is 3.54. The molecule has 0 radical (unpaired) electrons. The Bertz CT molecular complexity index is 1480. The second-order valence-corrected chi connectivity index (χ2v) is 11.2. The van der Waals surface area contributed by atoms with Crippen molar-refractivity contribution in [2.24, 2.45) is 0 Å². The van der Waals surface area contributed by atoms with Gasteiger partial charge in [0.2, 0.25) is 5.95 Å². The van der Waals surface area contributed by atoms with Crippen LogP contribution < -0.4 is 10.9 Å². The number of imidazole rings is 1. The van der Waals surface area contributed by atoms with Gasteiger partial charge in [0.15, 0.2) is 5.16 Å². The smallest absolute Gasteiger partial charge is 0.257 e. The molecule has 200 valence electrons. The number of fused-ring (bicyclic) bond motifs is 2. The van der Waals surface area contributed by atoms with Crippen LogP contribution in [0.2, 0.25) is 0 Å². The average molecular weight is 535 g/mol. The molecule has 0 unspecified atom stereocenters. The van der Waals surface area contributed by atoms with Crippen molar-refractivity contribution in [1.29, 1.82) is 0 Å². The van der Waals surface area contributed by atoms with Crippen LogP contribution in [0.25, 0.3) is 11.0 Å². The number of thioether (sulfide) groups is 1. The van der Waals surface area contributed by atoms with E-state index >= 15 is 0 Å². The molecule has 0 amide bonds. The van der Waals surface area contributed by atoms with E-state index < -0.39 is 0 Å². The van der Waals surface area contributed by atoms with Gasteiger partial charge in [-0.15, -0.1) is 0 Å². The van der Waals surface area contributed by atoms with E-state index in [9.17, 15) is 9.90 Å². The predicted octanol–water partition coefficient (Wildman–Crippen LogP) is 3.65. The van der Waals surface area contributed by atoms with Crippen LogP contribution >= 0.6 is 11.8 Å². The van der Waals surface area contributed by atoms with E-state index in [1.54, 1.807) is 11.8 Å². The van der Waals surface area contributed by atoms with Crippen LogP contribution in [0.3, 0.4) is 0 Å². The van der Waals surface area contributed by atoms with Crippen molar-refractivity contribution in [3.63, 3.8) is 0 Å². The van der Waals surface area contributed by atoms with Crippen molar-refractivity contribution in [2.45, 2.75) is 63.5 Å². The standard InChI is InChI=1S/C28H34N6O3S/c1-19-23(26(36)33-12-4-16-38-28(33)29-19)11-15-32-13-9-20(10-14-32)30-27-31-24-5-2-3-6-25(24)34(27)17-21-7-8-22(18-35)37-21/h2-3,5-8,20,35H,4,9-18H2,1H3,(H,30,31). The maximum Gasteiger partial charge on any atom is 0.257 e. The first-order chi connectivity index (χ1) is 18.6. The minimum atomic E-state index is -0.106. The first kappa shape index (κ1) is 25.2. The number of hydrogen-bond acceptors (Lipinski definition) is 8. The highest BCUT2D eigenvalue weighted by atomic mass is 32.2. The van der Waals surface area contributed by atoms with E-state index in [-0.39, 0.29) is 12.2 Å². The van der Waals surface area contributed by atoms with Gasteiger partial charge >= 0.3 is 0 Å². The van der Waals surface area contributed by atoms with E-state index in [0.717, 1.165) is 96.8 Å². The number of benzene rings is 1. The first-order valence-corrected chi connectivity index (χ1v) is 14.4. The Labute approximate surface area is 225 Å². The van der Waals surface area contributed by atoms with Crippen LogP contribution in [0.5, 0.6) is 0 Å². The zero-order valence-electron chi connectivity index (χ0n) is 21.7. The van der Waals surface area contributed by atoms with E-state index in [1.807, 2.05) is 41.8 Å². The molecule has 2 aliphatic rings. The molecule has 0 aliphatic carbocycles. The molecule has 2 N–H and O–H groups in total. The van der Waals surface area contributed by atoms with Gasteiger partial charge in [0.1, 0.15) is 18.1 Å². The van der Waals surface area contributed by atoms with Crippen molar-refractivity contribution < 1.29 is 9.52 Å². The number of piperidine rings is 1. The van der Waals surface area contributed by atoms with Crippen molar-refractivity contribution in [3.8, 4) is 0 Å². The van der Waals surface area contributed by atoms with Crippen LogP contribution in [-0.4, -0.2) is 60.5 Å². The second-order valence-electron chi connectivity index (χ2n) is 10.2. The molecule has 0 bridgehead atoms. The Morgan fingerprint density at radius 1 is 1.11 bits per heavy atom. The number of likely N-dealkylation sites (tertiary alicyclic amines) is 1. The number of aromatic nitrogens is 4. The predicted molar refractivity (Wildman–Crippen MR) is 149 cm³/mol. The van der Waals surface area contributed by atoms with E-state index in [1.165, 1.54) is 0 Å². The number of nitrogens with one attached hydrogen (secondary N) is 1. The maximum atomic E-state index is 13.1. The van der Waals surface area contributed by atoms with Crippen LogP contribution in [-0.2, 0) is 26.1 Å². The molecule has 3 aromatic heterocycles. The summed E-state index contributed by atoms with van der Waals surface area (Å²) in [5.41, 5.74) is 3.90. The quantitative estimate of drug-likeness (QED) is 0.331. The molecule has 9 nitrogen and oxygen atoms in total. The summed E-state index contributed by atoms with van der Waals surface area (Å²) in [6.07, 6.45) is 3.79. The number of aryl methyl sites for hydroxylation is 1. The maximum absolute atomic E-state index is 13.1. The molecule has 0 saturated carbocycles. The fourth-order valence-electron chi connectivity index (χ4n) is 5.50. The minimum absolute atomic E-state index is 0.106. The van der Waals surface area contributed by atoms with Gasteiger partial charge < -0.3 is 24.3 Å². The first-order valence-electron chi connectivity index (χ1n) is 13.4. The topological polar surface area (TPSA) is 101 Å². The van der Waals surface area contributed by atoms with Gasteiger partial charge in [-0.3, -0.25) is 9.36 Å². The van der Waals surface area contributed by atoms with E-state index in [0.29, 0.717) is 18.3 Å². The second kappa shape index (κ2) is 11.0. The molecule has 1 saturated heterocycles. The number of anilines is 1.